The molecule has 0 saturated carbocycles. The molecule has 2 aliphatic rings. The lowest BCUT2D eigenvalue weighted by Crippen LogP contribution is -2.30. The van der Waals surface area contributed by atoms with Crippen LogP contribution in [0.25, 0.3) is 11.0 Å². The third-order valence-electron chi connectivity index (χ3n) is 4.76. The first-order valence-corrected chi connectivity index (χ1v) is 7.36. The molecule has 0 aliphatic carbocycles. The molecule has 3 heterocycles. The fourth-order valence-electron chi connectivity index (χ4n) is 3.79. The van der Waals surface area contributed by atoms with E-state index in [0.717, 1.165) is 21.5 Å². The van der Waals surface area contributed by atoms with E-state index in [-0.39, 0.29) is 6.04 Å². The molecule has 0 fully saturated rings. The Labute approximate surface area is 132 Å². The molecule has 2 bridgehead atoms. The van der Waals surface area contributed by atoms with E-state index in [1.54, 1.807) is 12.1 Å². The van der Waals surface area contributed by atoms with Crippen molar-refractivity contribution in [3.63, 3.8) is 0 Å². The summed E-state index contributed by atoms with van der Waals surface area (Å²) < 4.78 is 25.9. The highest BCUT2D eigenvalue weighted by Gasteiger charge is 2.43. The number of carbonyl (C=O) groups is 1. The smallest absolute Gasteiger partial charge is 0.254 e. The predicted octanol–water partition coefficient (Wildman–Crippen LogP) is 3.16. The van der Waals surface area contributed by atoms with Crippen molar-refractivity contribution in [1.82, 2.24) is 14.5 Å². The molecule has 0 saturated heterocycles. The van der Waals surface area contributed by atoms with Crippen LogP contribution in [0.4, 0.5) is 0 Å². The Morgan fingerprint density at radius 2 is 1.95 bits per heavy atom. The van der Waals surface area contributed by atoms with E-state index in [0.29, 0.717) is 17.8 Å². The average molecular weight is 292 g/mol. The van der Waals surface area contributed by atoms with Crippen LogP contribution in [0.3, 0.4) is 0 Å². The number of para-hydroxylation sites is 2. The minimum Gasteiger partial charge on any atom is -0.331 e. The van der Waals surface area contributed by atoms with Crippen LogP contribution in [0.15, 0.2) is 48.5 Å². The van der Waals surface area contributed by atoms with Crippen molar-refractivity contribution >= 4 is 16.9 Å². The van der Waals surface area contributed by atoms with Gasteiger partial charge in [-0.25, -0.2) is 4.98 Å². The van der Waals surface area contributed by atoms with Crippen molar-refractivity contribution in [3.8, 4) is 0 Å². The van der Waals surface area contributed by atoms with Gasteiger partial charge in [-0.3, -0.25) is 4.79 Å². The number of carbonyl (C=O) groups excluding carboxylic acids is 1. The van der Waals surface area contributed by atoms with Crippen molar-refractivity contribution in [3.05, 3.63) is 65.5 Å². The highest BCUT2D eigenvalue weighted by molar-refractivity contribution is 5.97. The second-order valence-corrected chi connectivity index (χ2v) is 5.86. The van der Waals surface area contributed by atoms with E-state index in [1.165, 1.54) is 0 Å². The SMILES string of the molecule is [2H]C([2H])([2H])N1C(=O)c2ccccc2C2CC1c1nc3ccccc3n12. The summed E-state index contributed by atoms with van der Waals surface area (Å²) in [6.07, 6.45) is 0.536. The molecule has 2 aromatic carbocycles. The number of rotatable bonds is 0. The Bertz CT molecular complexity index is 1020. The minimum atomic E-state index is -2.52. The minimum absolute atomic E-state index is 0.0834. The maximum atomic E-state index is 13.0. The zero-order valence-corrected chi connectivity index (χ0v) is 11.7. The zero-order chi connectivity index (χ0) is 17.3. The fourth-order valence-corrected chi connectivity index (χ4v) is 3.79. The highest BCUT2D eigenvalue weighted by atomic mass is 16.2. The first-order chi connectivity index (χ1) is 12.0. The van der Waals surface area contributed by atoms with Crippen molar-refractivity contribution in [2.24, 2.45) is 0 Å². The van der Waals surface area contributed by atoms with Gasteiger partial charge in [0.1, 0.15) is 5.82 Å². The summed E-state index contributed by atoms with van der Waals surface area (Å²) >= 11 is 0. The van der Waals surface area contributed by atoms with Crippen LogP contribution < -0.4 is 0 Å². The number of hydrogen-bond acceptors (Lipinski definition) is 2. The summed E-state index contributed by atoms with van der Waals surface area (Å²) in [6.45, 7) is -2.52. The number of benzene rings is 2. The Balaban J connectivity index is 1.86. The summed E-state index contributed by atoms with van der Waals surface area (Å²) in [6, 6.07) is 14.4. The van der Waals surface area contributed by atoms with E-state index in [2.05, 4.69) is 9.55 Å². The zero-order valence-electron chi connectivity index (χ0n) is 14.7. The molecule has 0 spiro atoms. The maximum absolute atomic E-state index is 13.0. The molecule has 2 unspecified atom stereocenters. The van der Waals surface area contributed by atoms with Crippen molar-refractivity contribution in [2.45, 2.75) is 18.5 Å². The van der Waals surface area contributed by atoms with Gasteiger partial charge in [-0.15, -0.1) is 0 Å². The van der Waals surface area contributed by atoms with Gasteiger partial charge in [0.15, 0.2) is 0 Å². The van der Waals surface area contributed by atoms with Gasteiger partial charge in [0, 0.05) is 23.1 Å². The van der Waals surface area contributed by atoms with E-state index >= 15 is 0 Å². The molecule has 4 heteroatoms. The first-order valence-electron chi connectivity index (χ1n) is 8.86. The van der Waals surface area contributed by atoms with Gasteiger partial charge < -0.3 is 9.47 Å². The molecule has 108 valence electrons. The number of imidazole rings is 1. The van der Waals surface area contributed by atoms with Crippen molar-refractivity contribution in [2.75, 3.05) is 6.98 Å². The normalized spacial score (nSPS) is 25.2. The van der Waals surface area contributed by atoms with E-state index in [9.17, 15) is 4.79 Å². The van der Waals surface area contributed by atoms with Crippen LogP contribution in [-0.4, -0.2) is 27.3 Å². The third-order valence-corrected chi connectivity index (χ3v) is 4.76. The van der Waals surface area contributed by atoms with Crippen LogP contribution in [-0.2, 0) is 0 Å². The highest BCUT2D eigenvalue weighted by Crippen LogP contribution is 2.46. The topological polar surface area (TPSA) is 38.1 Å². The average Bonchev–Trinajstić information content (AvgIpc) is 3.07. The monoisotopic (exact) mass is 292 g/mol. The van der Waals surface area contributed by atoms with Crippen molar-refractivity contribution in [1.29, 1.82) is 0 Å². The molecule has 0 radical (unpaired) electrons. The predicted molar refractivity (Wildman–Crippen MR) is 83.8 cm³/mol. The maximum Gasteiger partial charge on any atom is 0.254 e. The van der Waals surface area contributed by atoms with Gasteiger partial charge in [-0.2, -0.15) is 0 Å². The molecule has 3 aromatic rings. The van der Waals surface area contributed by atoms with Crippen LogP contribution in [0.5, 0.6) is 0 Å². The molecular formula is C18H15N3O. The molecule has 1 amide bonds. The summed E-state index contributed by atoms with van der Waals surface area (Å²) in [5.74, 6) is 0.214. The molecular weight excluding hydrogens is 274 g/mol. The number of fused-ring (bicyclic) bond motifs is 9. The Hall–Kier alpha value is -2.62. The summed E-state index contributed by atoms with van der Waals surface area (Å²) in [5.41, 5.74) is 3.13. The van der Waals surface area contributed by atoms with Crippen LogP contribution in [0, 0.1) is 0 Å². The first kappa shape index (κ1) is 9.41. The largest absolute Gasteiger partial charge is 0.331 e. The number of hydrogen-bond donors (Lipinski definition) is 0. The van der Waals surface area contributed by atoms with E-state index < -0.39 is 18.9 Å². The molecule has 0 N–H and O–H groups in total. The molecule has 2 aliphatic heterocycles. The fraction of sp³-hybridized carbons (Fsp3) is 0.222. The lowest BCUT2D eigenvalue weighted by Gasteiger charge is -2.23. The van der Waals surface area contributed by atoms with Gasteiger partial charge in [-0.1, -0.05) is 30.3 Å². The Morgan fingerprint density at radius 3 is 2.86 bits per heavy atom. The quantitative estimate of drug-likeness (QED) is 0.638. The molecule has 22 heavy (non-hydrogen) atoms. The summed E-state index contributed by atoms with van der Waals surface area (Å²) in [5, 5.41) is 0. The number of amides is 1. The third kappa shape index (κ3) is 1.32. The molecule has 1 aromatic heterocycles. The summed E-state index contributed by atoms with van der Waals surface area (Å²) in [7, 11) is 0. The van der Waals surface area contributed by atoms with Crippen LogP contribution in [0.1, 0.15) is 44.4 Å². The van der Waals surface area contributed by atoms with E-state index in [4.69, 9.17) is 4.11 Å². The van der Waals surface area contributed by atoms with E-state index in [1.807, 2.05) is 36.4 Å². The van der Waals surface area contributed by atoms with Crippen LogP contribution >= 0.6 is 0 Å². The van der Waals surface area contributed by atoms with Gasteiger partial charge >= 0.3 is 0 Å². The summed E-state index contributed by atoms with van der Waals surface area (Å²) in [4.78, 5) is 18.7. The van der Waals surface area contributed by atoms with Gasteiger partial charge in [0.2, 0.25) is 0 Å². The van der Waals surface area contributed by atoms with Gasteiger partial charge in [0.25, 0.3) is 5.91 Å². The molecule has 2 atom stereocenters. The molecule has 4 nitrogen and oxygen atoms in total. The van der Waals surface area contributed by atoms with Gasteiger partial charge in [0.05, 0.1) is 23.1 Å². The lowest BCUT2D eigenvalue weighted by molar-refractivity contribution is 0.0734. The lowest BCUT2D eigenvalue weighted by atomic mass is 9.99. The molecule has 5 rings (SSSR count). The Kier molecular flexibility index (Phi) is 1.70. The van der Waals surface area contributed by atoms with Crippen molar-refractivity contribution < 1.29 is 8.91 Å². The van der Waals surface area contributed by atoms with Gasteiger partial charge in [-0.05, 0) is 23.8 Å². The number of aromatic nitrogens is 2. The second kappa shape index (κ2) is 3.97. The standard InChI is InChI=1S/C18H15N3O/c1-20-16-10-15(11-6-2-3-7-12(11)18(20)22)21-14-9-5-4-8-13(14)19-17(16)21/h2-9,15-16H,10H2,1H3/i1D3. The Morgan fingerprint density at radius 1 is 1.14 bits per heavy atom. The number of nitrogens with zero attached hydrogens (tertiary/aromatic N) is 3. The van der Waals surface area contributed by atoms with Crippen LogP contribution in [0.2, 0.25) is 0 Å². The second-order valence-electron chi connectivity index (χ2n) is 5.86.